The summed E-state index contributed by atoms with van der Waals surface area (Å²) in [4.78, 5) is 23.5. The van der Waals surface area contributed by atoms with E-state index < -0.39 is 0 Å². The molecule has 1 heterocycles. The molecular weight excluding hydrogens is 230 g/mol. The number of amides is 1. The lowest BCUT2D eigenvalue weighted by Crippen LogP contribution is -2.40. The van der Waals surface area contributed by atoms with Crippen molar-refractivity contribution in [3.63, 3.8) is 0 Å². The van der Waals surface area contributed by atoms with Gasteiger partial charge in [-0.05, 0) is 19.3 Å². The minimum absolute atomic E-state index is 0.0305. The van der Waals surface area contributed by atoms with E-state index in [1.165, 1.54) is 0 Å². The standard InChI is InChI=1S/C14H17NO3/c16-12(11-6-2-1-3-7-11)10-15-14(17)13-8-4-5-9-18-13/h1-3,6-7,13H,4-5,8-10H2,(H,15,17). The topological polar surface area (TPSA) is 55.4 Å². The number of hydrogen-bond donors (Lipinski definition) is 1. The van der Waals surface area contributed by atoms with Gasteiger partial charge in [-0.2, -0.15) is 0 Å². The minimum Gasteiger partial charge on any atom is -0.368 e. The molecule has 1 atom stereocenters. The van der Waals surface area contributed by atoms with Crippen molar-refractivity contribution in [1.29, 1.82) is 0 Å². The lowest BCUT2D eigenvalue weighted by molar-refractivity contribution is -0.135. The fourth-order valence-corrected chi connectivity index (χ4v) is 1.95. The van der Waals surface area contributed by atoms with Crippen LogP contribution in [0, 0.1) is 0 Å². The molecule has 0 aliphatic carbocycles. The van der Waals surface area contributed by atoms with Crippen LogP contribution in [0.5, 0.6) is 0 Å². The molecule has 1 aliphatic heterocycles. The van der Waals surface area contributed by atoms with Crippen molar-refractivity contribution in [3.05, 3.63) is 35.9 Å². The summed E-state index contributed by atoms with van der Waals surface area (Å²) < 4.78 is 5.35. The average Bonchev–Trinajstić information content (AvgIpc) is 2.46. The molecule has 18 heavy (non-hydrogen) atoms. The highest BCUT2D eigenvalue weighted by molar-refractivity contribution is 5.99. The Morgan fingerprint density at radius 3 is 2.67 bits per heavy atom. The average molecular weight is 247 g/mol. The number of nitrogens with one attached hydrogen (secondary N) is 1. The Morgan fingerprint density at radius 1 is 1.22 bits per heavy atom. The van der Waals surface area contributed by atoms with Gasteiger partial charge < -0.3 is 10.1 Å². The lowest BCUT2D eigenvalue weighted by atomic mass is 10.1. The van der Waals surface area contributed by atoms with Gasteiger partial charge in [-0.15, -0.1) is 0 Å². The third-order valence-corrected chi connectivity index (χ3v) is 2.99. The first-order chi connectivity index (χ1) is 8.77. The number of benzene rings is 1. The Labute approximate surface area is 106 Å². The number of hydrogen-bond acceptors (Lipinski definition) is 3. The van der Waals surface area contributed by atoms with Crippen LogP contribution in [0.2, 0.25) is 0 Å². The van der Waals surface area contributed by atoms with Gasteiger partial charge in [0.2, 0.25) is 5.91 Å². The van der Waals surface area contributed by atoms with E-state index in [1.54, 1.807) is 24.3 Å². The molecular formula is C14H17NO3. The van der Waals surface area contributed by atoms with Crippen LogP contribution in [-0.4, -0.2) is 30.9 Å². The Kier molecular flexibility index (Phi) is 4.47. The van der Waals surface area contributed by atoms with Gasteiger partial charge in [-0.25, -0.2) is 0 Å². The van der Waals surface area contributed by atoms with Gasteiger partial charge in [0.15, 0.2) is 5.78 Å². The van der Waals surface area contributed by atoms with Crippen LogP contribution in [0.4, 0.5) is 0 Å². The van der Waals surface area contributed by atoms with Crippen LogP contribution < -0.4 is 5.32 Å². The second-order valence-corrected chi connectivity index (χ2v) is 4.36. The molecule has 1 N–H and O–H groups in total. The molecule has 1 aromatic carbocycles. The molecule has 4 nitrogen and oxygen atoms in total. The number of ether oxygens (including phenoxy) is 1. The maximum Gasteiger partial charge on any atom is 0.249 e. The highest BCUT2D eigenvalue weighted by Gasteiger charge is 2.22. The van der Waals surface area contributed by atoms with Crippen molar-refractivity contribution in [2.75, 3.05) is 13.2 Å². The van der Waals surface area contributed by atoms with Gasteiger partial charge in [0, 0.05) is 12.2 Å². The van der Waals surface area contributed by atoms with E-state index in [2.05, 4.69) is 5.32 Å². The highest BCUT2D eigenvalue weighted by Crippen LogP contribution is 2.12. The van der Waals surface area contributed by atoms with Crippen molar-refractivity contribution in [3.8, 4) is 0 Å². The molecule has 1 amide bonds. The Balaban J connectivity index is 1.80. The first kappa shape index (κ1) is 12.8. The molecule has 1 aromatic rings. The molecule has 96 valence electrons. The first-order valence-electron chi connectivity index (χ1n) is 6.25. The zero-order chi connectivity index (χ0) is 12.8. The summed E-state index contributed by atoms with van der Waals surface area (Å²) >= 11 is 0. The summed E-state index contributed by atoms with van der Waals surface area (Å²) in [6.07, 6.45) is 2.37. The quantitative estimate of drug-likeness (QED) is 0.821. The molecule has 1 fully saturated rings. The van der Waals surface area contributed by atoms with E-state index in [9.17, 15) is 9.59 Å². The molecule has 1 saturated heterocycles. The fraction of sp³-hybridized carbons (Fsp3) is 0.429. The first-order valence-corrected chi connectivity index (χ1v) is 6.25. The SMILES string of the molecule is O=C(CNC(=O)C1CCCCO1)c1ccccc1. The van der Waals surface area contributed by atoms with Crippen molar-refractivity contribution < 1.29 is 14.3 Å². The maximum absolute atomic E-state index is 11.8. The Bertz CT molecular complexity index is 410. The molecule has 0 spiro atoms. The number of Topliss-reactive ketones (excluding diaryl/α,β-unsaturated/α-hetero) is 1. The van der Waals surface area contributed by atoms with Gasteiger partial charge in [0.1, 0.15) is 6.10 Å². The van der Waals surface area contributed by atoms with Crippen LogP contribution >= 0.6 is 0 Å². The third kappa shape index (κ3) is 3.40. The van der Waals surface area contributed by atoms with Crippen molar-refractivity contribution in [2.24, 2.45) is 0 Å². The van der Waals surface area contributed by atoms with Crippen molar-refractivity contribution in [2.45, 2.75) is 25.4 Å². The van der Waals surface area contributed by atoms with Crippen molar-refractivity contribution >= 4 is 11.7 Å². The zero-order valence-corrected chi connectivity index (χ0v) is 10.2. The lowest BCUT2D eigenvalue weighted by Gasteiger charge is -2.21. The van der Waals surface area contributed by atoms with E-state index in [-0.39, 0.29) is 24.3 Å². The molecule has 0 radical (unpaired) electrons. The zero-order valence-electron chi connectivity index (χ0n) is 10.2. The predicted molar refractivity (Wildman–Crippen MR) is 67.4 cm³/mol. The molecule has 4 heteroatoms. The fourth-order valence-electron chi connectivity index (χ4n) is 1.95. The number of ketones is 1. The second kappa shape index (κ2) is 6.31. The van der Waals surface area contributed by atoms with E-state index in [0.717, 1.165) is 19.3 Å². The van der Waals surface area contributed by atoms with E-state index >= 15 is 0 Å². The molecule has 1 aliphatic rings. The van der Waals surface area contributed by atoms with Crippen LogP contribution in [-0.2, 0) is 9.53 Å². The number of carbonyl (C=O) groups is 2. The summed E-state index contributed by atoms with van der Waals surface area (Å²) in [5.74, 6) is -0.265. The molecule has 0 bridgehead atoms. The normalized spacial score (nSPS) is 19.2. The predicted octanol–water partition coefficient (Wildman–Crippen LogP) is 1.55. The Morgan fingerprint density at radius 2 is 2.00 bits per heavy atom. The largest absolute Gasteiger partial charge is 0.368 e. The van der Waals surface area contributed by atoms with Gasteiger partial charge >= 0.3 is 0 Å². The van der Waals surface area contributed by atoms with E-state index in [1.807, 2.05) is 6.07 Å². The smallest absolute Gasteiger partial charge is 0.249 e. The van der Waals surface area contributed by atoms with Gasteiger partial charge in [-0.1, -0.05) is 30.3 Å². The van der Waals surface area contributed by atoms with Gasteiger partial charge in [0.25, 0.3) is 0 Å². The van der Waals surface area contributed by atoms with E-state index in [4.69, 9.17) is 4.74 Å². The number of rotatable bonds is 4. The van der Waals surface area contributed by atoms with Crippen LogP contribution in [0.25, 0.3) is 0 Å². The summed E-state index contributed by atoms with van der Waals surface area (Å²) in [6.45, 7) is 0.660. The van der Waals surface area contributed by atoms with Crippen LogP contribution in [0.1, 0.15) is 29.6 Å². The monoisotopic (exact) mass is 247 g/mol. The molecule has 2 rings (SSSR count). The van der Waals surface area contributed by atoms with Crippen molar-refractivity contribution in [1.82, 2.24) is 5.32 Å². The minimum atomic E-state index is -0.387. The third-order valence-electron chi connectivity index (χ3n) is 2.99. The van der Waals surface area contributed by atoms with Crippen LogP contribution in [0.15, 0.2) is 30.3 Å². The molecule has 0 aromatic heterocycles. The van der Waals surface area contributed by atoms with Gasteiger partial charge in [0.05, 0.1) is 6.54 Å². The maximum atomic E-state index is 11.8. The molecule has 1 unspecified atom stereocenters. The summed E-state index contributed by atoms with van der Waals surface area (Å²) in [7, 11) is 0. The second-order valence-electron chi connectivity index (χ2n) is 4.36. The van der Waals surface area contributed by atoms with Gasteiger partial charge in [-0.3, -0.25) is 9.59 Å². The summed E-state index contributed by atoms with van der Waals surface area (Å²) in [5, 5.41) is 2.64. The van der Waals surface area contributed by atoms with Crippen LogP contribution in [0.3, 0.4) is 0 Å². The Hall–Kier alpha value is -1.68. The summed E-state index contributed by atoms with van der Waals surface area (Å²) in [5.41, 5.74) is 0.613. The summed E-state index contributed by atoms with van der Waals surface area (Å²) in [6, 6.07) is 8.95. The highest BCUT2D eigenvalue weighted by atomic mass is 16.5. The van der Waals surface area contributed by atoms with E-state index in [0.29, 0.717) is 12.2 Å². The molecule has 0 saturated carbocycles. The number of carbonyl (C=O) groups excluding carboxylic acids is 2.